The van der Waals surface area contributed by atoms with E-state index in [0.717, 1.165) is 0 Å². The molecule has 3 nitrogen and oxygen atoms in total. The van der Waals surface area contributed by atoms with Crippen molar-refractivity contribution in [2.24, 2.45) is 0 Å². The van der Waals surface area contributed by atoms with Crippen molar-refractivity contribution < 1.29 is 12.7 Å². The van der Waals surface area contributed by atoms with Crippen LogP contribution in [0.1, 0.15) is 13.8 Å². The van der Waals surface area contributed by atoms with Crippen LogP contribution in [0.5, 0.6) is 0 Å². The molecule has 0 N–H and O–H groups in total. The van der Waals surface area contributed by atoms with Crippen LogP contribution in [0, 0.1) is 0 Å². The molecule has 1 aromatic rings. The minimum absolute atomic E-state index is 0.330. The lowest BCUT2D eigenvalue weighted by Gasteiger charge is -2.48. The normalized spacial score (nSPS) is 16.6. The highest BCUT2D eigenvalue weighted by Crippen LogP contribution is 2.32. The Hall–Kier alpha value is -0.0325. The van der Waals surface area contributed by atoms with Gasteiger partial charge in [-0.2, -0.15) is 0 Å². The molecule has 1 unspecified atom stereocenters. The summed E-state index contributed by atoms with van der Waals surface area (Å²) < 4.78 is 20.2. The molecule has 0 bridgehead atoms. The molecular weight excluding hydrogens is 377 g/mol. The molecule has 0 fully saturated rings. The first kappa shape index (κ1) is 23.0. The number of benzene rings is 1. The molecule has 1 aromatic carbocycles. The van der Waals surface area contributed by atoms with E-state index in [1.807, 2.05) is 6.07 Å². The minimum atomic E-state index is -2.55. The Morgan fingerprint density at radius 2 is 1.12 bits per heavy atom. The summed E-state index contributed by atoms with van der Waals surface area (Å²) in [6.45, 7) is 24.6. The number of rotatable bonds is 8. The van der Waals surface area contributed by atoms with Crippen LogP contribution >= 0.6 is 0 Å². The third-order valence-corrected chi connectivity index (χ3v) is 18.2. The van der Waals surface area contributed by atoms with Gasteiger partial charge in [0.2, 0.25) is 8.32 Å². The predicted molar refractivity (Wildman–Crippen MR) is 119 cm³/mol. The van der Waals surface area contributed by atoms with Gasteiger partial charge in [-0.15, -0.1) is 0 Å². The zero-order chi connectivity index (χ0) is 19.7. The van der Waals surface area contributed by atoms with Crippen molar-refractivity contribution >= 4 is 38.7 Å². The van der Waals surface area contributed by atoms with Crippen LogP contribution in [0.4, 0.5) is 0 Å². The number of hydrogen-bond donors (Lipinski definition) is 0. The van der Waals surface area contributed by atoms with Gasteiger partial charge < -0.3 is 12.7 Å². The summed E-state index contributed by atoms with van der Waals surface area (Å²) in [6.07, 6.45) is 0. The summed E-state index contributed by atoms with van der Waals surface area (Å²) in [7, 11) is -8.02. The van der Waals surface area contributed by atoms with Gasteiger partial charge in [0, 0.05) is 0 Å². The standard InChI is InChI=1S/C18H38O3Si4/c1-18(2,24(9,10)20-22(3,4)5)19-25(11,21-23(6,7)8)17-15-13-12-14-16-17/h12-16H,1-11H3. The Kier molecular flexibility index (Phi) is 6.93. The average molecular weight is 415 g/mol. The Labute approximate surface area is 159 Å². The van der Waals surface area contributed by atoms with E-state index < -0.39 is 33.5 Å². The van der Waals surface area contributed by atoms with E-state index in [1.165, 1.54) is 5.19 Å². The molecule has 0 aromatic heterocycles. The maximum Gasteiger partial charge on any atom is 0.359 e. The summed E-state index contributed by atoms with van der Waals surface area (Å²) in [5.41, 5.74) is 0. The van der Waals surface area contributed by atoms with E-state index in [1.54, 1.807) is 0 Å². The van der Waals surface area contributed by atoms with Crippen LogP contribution < -0.4 is 5.19 Å². The zero-order valence-electron chi connectivity index (χ0n) is 18.1. The molecule has 0 saturated heterocycles. The minimum Gasteiger partial charge on any atom is -0.454 e. The molecule has 1 rings (SSSR count). The van der Waals surface area contributed by atoms with Gasteiger partial charge in [-0.05, 0) is 78.0 Å². The third kappa shape index (κ3) is 6.89. The fourth-order valence-corrected chi connectivity index (χ4v) is 18.8. The highest BCUT2D eigenvalue weighted by molar-refractivity contribution is 6.90. The monoisotopic (exact) mass is 414 g/mol. The van der Waals surface area contributed by atoms with E-state index in [0.29, 0.717) is 0 Å². The smallest absolute Gasteiger partial charge is 0.359 e. The largest absolute Gasteiger partial charge is 0.454 e. The lowest BCUT2D eigenvalue weighted by Crippen LogP contribution is -2.67. The predicted octanol–water partition coefficient (Wildman–Crippen LogP) is 5.21. The van der Waals surface area contributed by atoms with Crippen molar-refractivity contribution in [2.45, 2.75) is 78.0 Å². The van der Waals surface area contributed by atoms with Gasteiger partial charge in [-0.25, -0.2) is 0 Å². The van der Waals surface area contributed by atoms with Crippen molar-refractivity contribution in [1.82, 2.24) is 0 Å². The molecule has 0 amide bonds. The molecule has 0 heterocycles. The average Bonchev–Trinajstić information content (AvgIpc) is 2.33. The summed E-state index contributed by atoms with van der Waals surface area (Å²) >= 11 is 0. The molecule has 7 heteroatoms. The highest BCUT2D eigenvalue weighted by atomic mass is 28.4. The molecule has 25 heavy (non-hydrogen) atoms. The van der Waals surface area contributed by atoms with Crippen LogP contribution in [0.25, 0.3) is 0 Å². The number of hydrogen-bond acceptors (Lipinski definition) is 3. The lowest BCUT2D eigenvalue weighted by molar-refractivity contribution is 0.129. The summed E-state index contributed by atoms with van der Waals surface area (Å²) in [6, 6.07) is 10.5. The maximum atomic E-state index is 6.91. The van der Waals surface area contributed by atoms with Gasteiger partial charge in [0.25, 0.3) is 0 Å². The molecular formula is C18H38O3Si4. The van der Waals surface area contributed by atoms with Crippen molar-refractivity contribution in [3.8, 4) is 0 Å². The van der Waals surface area contributed by atoms with Gasteiger partial charge in [0.15, 0.2) is 16.6 Å². The molecule has 144 valence electrons. The topological polar surface area (TPSA) is 27.7 Å². The summed E-state index contributed by atoms with van der Waals surface area (Å²) in [4.78, 5) is 0. The van der Waals surface area contributed by atoms with Crippen molar-refractivity contribution in [2.75, 3.05) is 0 Å². The van der Waals surface area contributed by atoms with Crippen LogP contribution in [0.3, 0.4) is 0 Å². The first-order valence-electron chi connectivity index (χ1n) is 9.14. The van der Waals surface area contributed by atoms with E-state index in [9.17, 15) is 0 Å². The van der Waals surface area contributed by atoms with E-state index in [4.69, 9.17) is 12.7 Å². The summed E-state index contributed by atoms with van der Waals surface area (Å²) in [5, 5.41) is 0.868. The molecule has 0 spiro atoms. The lowest BCUT2D eigenvalue weighted by atomic mass is 10.4. The van der Waals surface area contributed by atoms with E-state index in [2.05, 4.69) is 97.0 Å². The Bertz CT molecular complexity index is 562. The molecule has 0 radical (unpaired) electrons. The second kappa shape index (κ2) is 7.53. The van der Waals surface area contributed by atoms with Gasteiger partial charge in [0.1, 0.15) is 0 Å². The maximum absolute atomic E-state index is 6.91. The second-order valence-electron chi connectivity index (χ2n) is 9.86. The molecule has 0 saturated carbocycles. The van der Waals surface area contributed by atoms with Crippen LogP contribution in [0.2, 0.25) is 58.9 Å². The van der Waals surface area contributed by atoms with Crippen molar-refractivity contribution in [3.05, 3.63) is 30.3 Å². The quantitative estimate of drug-likeness (QED) is 0.547. The van der Waals surface area contributed by atoms with Crippen LogP contribution in [-0.2, 0) is 12.7 Å². The summed E-state index contributed by atoms with van der Waals surface area (Å²) in [5.74, 6) is 0. The fraction of sp³-hybridized carbons (Fsp3) is 0.667. The van der Waals surface area contributed by atoms with Gasteiger partial charge >= 0.3 is 8.56 Å². The van der Waals surface area contributed by atoms with Crippen molar-refractivity contribution in [3.63, 3.8) is 0 Å². The Morgan fingerprint density at radius 1 is 0.680 bits per heavy atom. The van der Waals surface area contributed by atoms with Gasteiger partial charge in [0.05, 0.1) is 5.22 Å². The molecule has 1 atom stereocenters. The molecule has 0 aliphatic heterocycles. The molecule has 0 aliphatic carbocycles. The zero-order valence-corrected chi connectivity index (χ0v) is 22.1. The SMILES string of the molecule is CC(C)(O[Si](C)(O[Si](C)(C)C)c1ccccc1)[Si](C)(C)O[Si](C)(C)C. The van der Waals surface area contributed by atoms with E-state index in [-0.39, 0.29) is 5.22 Å². The van der Waals surface area contributed by atoms with Crippen LogP contribution in [0.15, 0.2) is 30.3 Å². The highest BCUT2D eigenvalue weighted by Gasteiger charge is 2.51. The van der Waals surface area contributed by atoms with Gasteiger partial charge in [-0.1, -0.05) is 30.3 Å². The van der Waals surface area contributed by atoms with Crippen LogP contribution in [-0.4, -0.2) is 38.7 Å². The second-order valence-corrected chi connectivity index (χ2v) is 26.8. The fourth-order valence-electron chi connectivity index (χ4n) is 2.96. The molecule has 0 aliphatic rings. The first-order valence-corrected chi connectivity index (χ1v) is 21.2. The third-order valence-electron chi connectivity index (χ3n) is 4.26. The Balaban J connectivity index is 3.25. The Morgan fingerprint density at radius 3 is 1.52 bits per heavy atom. The van der Waals surface area contributed by atoms with E-state index >= 15 is 0 Å². The van der Waals surface area contributed by atoms with Gasteiger partial charge in [-0.3, -0.25) is 0 Å². The first-order chi connectivity index (χ1) is 11.0. The van der Waals surface area contributed by atoms with Crippen molar-refractivity contribution in [1.29, 1.82) is 0 Å².